The Bertz CT molecular complexity index is 593. The van der Waals surface area contributed by atoms with Crippen molar-refractivity contribution in [3.05, 3.63) is 29.3 Å². The second kappa shape index (κ2) is 6.16. The van der Waals surface area contributed by atoms with Crippen molar-refractivity contribution in [1.29, 1.82) is 0 Å². The van der Waals surface area contributed by atoms with Crippen molar-refractivity contribution >= 4 is 11.6 Å². The lowest BCUT2D eigenvalue weighted by atomic mass is 9.60. The number of benzene rings is 1. The number of carbonyl (C=O) groups is 1. The van der Waals surface area contributed by atoms with Crippen LogP contribution in [0, 0.1) is 12.3 Å². The molecular weight excluding hydrogens is 288 g/mol. The Labute approximate surface area is 139 Å². The Hall–Kier alpha value is -1.55. The molecule has 0 bridgehead atoms. The number of aryl methyl sites for hydroxylation is 1. The zero-order valence-electron chi connectivity index (χ0n) is 14.5. The van der Waals surface area contributed by atoms with Gasteiger partial charge in [-0.3, -0.25) is 4.79 Å². The first-order valence-electron chi connectivity index (χ1n) is 8.74. The maximum Gasteiger partial charge on any atom is 0.254 e. The highest BCUT2D eigenvalue weighted by Gasteiger charge is 2.58. The molecule has 0 aliphatic heterocycles. The van der Waals surface area contributed by atoms with E-state index in [1.165, 1.54) is 25.7 Å². The van der Waals surface area contributed by atoms with Gasteiger partial charge >= 0.3 is 0 Å². The molecule has 2 aliphatic rings. The molecule has 4 heteroatoms. The molecule has 3 rings (SSSR count). The molecule has 2 aliphatic carbocycles. The molecular formula is C19H28N2O2. The molecule has 4 nitrogen and oxygen atoms in total. The molecule has 1 aromatic carbocycles. The number of hydrogen-bond acceptors (Lipinski definition) is 3. The highest BCUT2D eigenvalue weighted by atomic mass is 16.5. The van der Waals surface area contributed by atoms with E-state index in [0.717, 1.165) is 24.2 Å². The summed E-state index contributed by atoms with van der Waals surface area (Å²) in [4.78, 5) is 14.9. The average Bonchev–Trinajstić information content (AvgIpc) is 3.05. The number of amides is 1. The first-order valence-corrected chi connectivity index (χ1v) is 8.74. The van der Waals surface area contributed by atoms with E-state index in [1.807, 2.05) is 31.0 Å². The molecule has 1 aromatic rings. The maximum absolute atomic E-state index is 13.0. The summed E-state index contributed by atoms with van der Waals surface area (Å²) in [5.41, 5.74) is 8.40. The van der Waals surface area contributed by atoms with E-state index in [2.05, 4.69) is 6.92 Å². The number of nitrogen functional groups attached to an aromatic ring is 1. The summed E-state index contributed by atoms with van der Waals surface area (Å²) in [7, 11) is 1.94. The van der Waals surface area contributed by atoms with Gasteiger partial charge in [-0.15, -0.1) is 0 Å². The molecule has 1 amide bonds. The van der Waals surface area contributed by atoms with Crippen LogP contribution in [-0.4, -0.2) is 36.6 Å². The van der Waals surface area contributed by atoms with Crippen molar-refractivity contribution in [2.75, 3.05) is 19.4 Å². The van der Waals surface area contributed by atoms with Gasteiger partial charge in [-0.05, 0) is 50.8 Å². The summed E-state index contributed by atoms with van der Waals surface area (Å²) in [5.74, 6) is 0.0843. The van der Waals surface area contributed by atoms with Gasteiger partial charge in [0.1, 0.15) is 0 Å². The van der Waals surface area contributed by atoms with Crippen molar-refractivity contribution in [1.82, 2.24) is 4.90 Å². The predicted octanol–water partition coefficient (Wildman–Crippen LogP) is 3.39. The minimum atomic E-state index is 0.0843. The quantitative estimate of drug-likeness (QED) is 0.866. The van der Waals surface area contributed by atoms with Crippen molar-refractivity contribution in [3.8, 4) is 0 Å². The molecule has 1 spiro atoms. The minimum Gasteiger partial charge on any atom is -0.399 e. The zero-order valence-corrected chi connectivity index (χ0v) is 14.5. The highest BCUT2D eigenvalue weighted by Crippen LogP contribution is 2.56. The fraction of sp³-hybridized carbons (Fsp3) is 0.632. The lowest BCUT2D eigenvalue weighted by molar-refractivity contribution is -0.152. The lowest BCUT2D eigenvalue weighted by Gasteiger charge is -2.57. The van der Waals surface area contributed by atoms with Crippen LogP contribution in [-0.2, 0) is 4.74 Å². The molecule has 2 N–H and O–H groups in total. The van der Waals surface area contributed by atoms with Crippen LogP contribution in [0.5, 0.6) is 0 Å². The fourth-order valence-corrected chi connectivity index (χ4v) is 4.60. The van der Waals surface area contributed by atoms with E-state index in [4.69, 9.17) is 10.5 Å². The maximum atomic E-state index is 13.0. The van der Waals surface area contributed by atoms with Crippen LogP contribution in [0.2, 0.25) is 0 Å². The normalized spacial score (nSPS) is 25.3. The largest absolute Gasteiger partial charge is 0.399 e. The SMILES string of the molecule is CCOC1CC(N(C)C(=O)c2cc(N)ccc2C)C12CCCC2. The summed E-state index contributed by atoms with van der Waals surface area (Å²) in [6.07, 6.45) is 6.12. The smallest absolute Gasteiger partial charge is 0.254 e. The monoisotopic (exact) mass is 316 g/mol. The number of rotatable bonds is 4. The van der Waals surface area contributed by atoms with Crippen molar-refractivity contribution in [2.45, 2.75) is 58.1 Å². The van der Waals surface area contributed by atoms with E-state index in [9.17, 15) is 4.79 Å². The third-order valence-corrected chi connectivity index (χ3v) is 5.92. The summed E-state index contributed by atoms with van der Waals surface area (Å²) in [5, 5.41) is 0. The van der Waals surface area contributed by atoms with Crippen LogP contribution >= 0.6 is 0 Å². The van der Waals surface area contributed by atoms with Crippen LogP contribution in [0.15, 0.2) is 18.2 Å². The second-order valence-corrected chi connectivity index (χ2v) is 7.13. The number of anilines is 1. The Balaban J connectivity index is 1.81. The summed E-state index contributed by atoms with van der Waals surface area (Å²) < 4.78 is 5.97. The number of nitrogens with two attached hydrogens (primary N) is 1. The molecule has 2 saturated carbocycles. The third-order valence-electron chi connectivity index (χ3n) is 5.92. The highest BCUT2D eigenvalue weighted by molar-refractivity contribution is 5.96. The Morgan fingerprint density at radius 1 is 1.39 bits per heavy atom. The van der Waals surface area contributed by atoms with Crippen LogP contribution in [0.4, 0.5) is 5.69 Å². The molecule has 0 saturated heterocycles. The molecule has 0 radical (unpaired) electrons. The Kier molecular flexibility index (Phi) is 4.37. The molecule has 2 unspecified atom stereocenters. The Morgan fingerprint density at radius 2 is 2.09 bits per heavy atom. The van der Waals surface area contributed by atoms with E-state index < -0.39 is 0 Å². The summed E-state index contributed by atoms with van der Waals surface area (Å²) in [6, 6.07) is 5.86. The molecule has 0 heterocycles. The van der Waals surface area contributed by atoms with Gasteiger partial charge < -0.3 is 15.4 Å². The zero-order chi connectivity index (χ0) is 16.6. The van der Waals surface area contributed by atoms with Gasteiger partial charge in [-0.25, -0.2) is 0 Å². The minimum absolute atomic E-state index is 0.0843. The van der Waals surface area contributed by atoms with Gasteiger partial charge in [0, 0.05) is 36.4 Å². The van der Waals surface area contributed by atoms with Crippen LogP contribution in [0.3, 0.4) is 0 Å². The van der Waals surface area contributed by atoms with Gasteiger partial charge in [0.05, 0.1) is 6.10 Å². The van der Waals surface area contributed by atoms with E-state index in [-0.39, 0.29) is 17.4 Å². The summed E-state index contributed by atoms with van der Waals surface area (Å²) >= 11 is 0. The number of ether oxygens (including phenoxy) is 1. The average molecular weight is 316 g/mol. The Morgan fingerprint density at radius 3 is 2.74 bits per heavy atom. The molecule has 126 valence electrons. The van der Waals surface area contributed by atoms with Crippen molar-refractivity contribution in [2.24, 2.45) is 5.41 Å². The first kappa shape index (κ1) is 16.3. The first-order chi connectivity index (χ1) is 11.0. The molecule has 2 fully saturated rings. The third kappa shape index (κ3) is 2.63. The van der Waals surface area contributed by atoms with E-state index in [1.54, 1.807) is 6.07 Å². The molecule has 2 atom stereocenters. The number of carbonyl (C=O) groups excluding carboxylic acids is 1. The van der Waals surface area contributed by atoms with E-state index in [0.29, 0.717) is 11.8 Å². The van der Waals surface area contributed by atoms with Gasteiger partial charge in [0.15, 0.2) is 0 Å². The van der Waals surface area contributed by atoms with Crippen LogP contribution < -0.4 is 5.73 Å². The van der Waals surface area contributed by atoms with Gasteiger partial charge in [-0.2, -0.15) is 0 Å². The number of nitrogens with zero attached hydrogens (tertiary/aromatic N) is 1. The topological polar surface area (TPSA) is 55.6 Å². The van der Waals surface area contributed by atoms with Crippen LogP contribution in [0.25, 0.3) is 0 Å². The number of hydrogen-bond donors (Lipinski definition) is 1. The summed E-state index contributed by atoms with van der Waals surface area (Å²) in [6.45, 7) is 4.78. The molecule has 0 aromatic heterocycles. The molecule has 23 heavy (non-hydrogen) atoms. The van der Waals surface area contributed by atoms with Gasteiger partial charge in [0.25, 0.3) is 5.91 Å². The van der Waals surface area contributed by atoms with Crippen LogP contribution in [0.1, 0.15) is 54.9 Å². The fourth-order valence-electron chi connectivity index (χ4n) is 4.60. The van der Waals surface area contributed by atoms with Crippen molar-refractivity contribution in [3.63, 3.8) is 0 Å². The van der Waals surface area contributed by atoms with E-state index >= 15 is 0 Å². The lowest BCUT2D eigenvalue weighted by Crippen LogP contribution is -2.64. The van der Waals surface area contributed by atoms with Gasteiger partial charge in [-0.1, -0.05) is 18.9 Å². The second-order valence-electron chi connectivity index (χ2n) is 7.13. The predicted molar refractivity (Wildman–Crippen MR) is 92.4 cm³/mol. The standard InChI is InChI=1S/C19H28N2O2/c1-4-23-17-12-16(19(17)9-5-6-10-19)21(3)18(22)15-11-14(20)8-7-13(15)2/h7-8,11,16-17H,4-6,9-10,12,20H2,1-3H3. The van der Waals surface area contributed by atoms with Gasteiger partial charge in [0.2, 0.25) is 0 Å². The van der Waals surface area contributed by atoms with Crippen molar-refractivity contribution < 1.29 is 9.53 Å².